The van der Waals surface area contributed by atoms with E-state index in [1.165, 1.54) is 11.8 Å². The quantitative estimate of drug-likeness (QED) is 0.270. The molecule has 4 aromatic rings. The Morgan fingerprint density at radius 2 is 1.35 bits per heavy atom. The standard InChI is InChI=1S/C27H18O6S/c1-2-33-27(32)14-7-9-15(10-8-14)34-16-11-12-19-20(13-16)26(31)22-21(25(19)30)23(28)17-5-3-4-6-18(17)24(22)29/h3-13,28-29H,2H2,1H3. The van der Waals surface area contributed by atoms with Crippen LogP contribution < -0.4 is 0 Å². The predicted octanol–water partition coefficient (Wildman–Crippen LogP) is 5.35. The van der Waals surface area contributed by atoms with Gasteiger partial charge in [0, 0.05) is 31.7 Å². The summed E-state index contributed by atoms with van der Waals surface area (Å²) >= 11 is 1.36. The highest BCUT2D eigenvalue weighted by Gasteiger charge is 2.36. The largest absolute Gasteiger partial charge is 0.506 e. The van der Waals surface area contributed by atoms with E-state index in [-0.39, 0.29) is 33.8 Å². The van der Waals surface area contributed by atoms with E-state index in [9.17, 15) is 24.6 Å². The number of ketones is 2. The highest BCUT2D eigenvalue weighted by Crippen LogP contribution is 2.44. The van der Waals surface area contributed by atoms with Crippen LogP contribution in [-0.2, 0) is 4.74 Å². The van der Waals surface area contributed by atoms with Crippen LogP contribution in [0.4, 0.5) is 0 Å². The Morgan fingerprint density at radius 3 is 1.94 bits per heavy atom. The molecule has 0 saturated carbocycles. The van der Waals surface area contributed by atoms with Crippen LogP contribution in [-0.4, -0.2) is 34.4 Å². The van der Waals surface area contributed by atoms with Gasteiger partial charge in [-0.2, -0.15) is 0 Å². The van der Waals surface area contributed by atoms with Crippen LogP contribution in [0.25, 0.3) is 10.8 Å². The first kappa shape index (κ1) is 21.7. The number of hydrogen-bond donors (Lipinski definition) is 2. The average molecular weight is 471 g/mol. The molecule has 0 radical (unpaired) electrons. The number of aromatic hydroxyl groups is 2. The minimum absolute atomic E-state index is 0.163. The normalized spacial score (nSPS) is 12.4. The van der Waals surface area contributed by atoms with Crippen LogP contribution in [0.3, 0.4) is 0 Å². The van der Waals surface area contributed by atoms with Gasteiger partial charge in [0.15, 0.2) is 11.6 Å². The average Bonchev–Trinajstić information content (AvgIpc) is 2.85. The third-order valence-corrected chi connectivity index (χ3v) is 6.69. The van der Waals surface area contributed by atoms with Gasteiger partial charge in [-0.3, -0.25) is 9.59 Å². The zero-order chi connectivity index (χ0) is 24.0. The number of hydrogen-bond acceptors (Lipinski definition) is 7. The Labute approximate surface area is 198 Å². The zero-order valence-corrected chi connectivity index (χ0v) is 18.8. The summed E-state index contributed by atoms with van der Waals surface area (Å²) < 4.78 is 4.99. The first-order valence-corrected chi connectivity index (χ1v) is 11.4. The molecule has 1 aliphatic rings. The molecular formula is C27H18O6S. The number of carbonyl (C=O) groups excluding carboxylic acids is 3. The summed E-state index contributed by atoms with van der Waals surface area (Å²) in [6.07, 6.45) is 0. The molecule has 6 nitrogen and oxygen atoms in total. The molecule has 0 bridgehead atoms. The SMILES string of the molecule is CCOC(=O)c1ccc(Sc2ccc3c(c2)C(=O)c2c(c(O)c4ccccc4c2O)C3=O)cc1. The monoisotopic (exact) mass is 470 g/mol. The molecule has 0 spiro atoms. The fraction of sp³-hybridized carbons (Fsp3) is 0.0741. The lowest BCUT2D eigenvalue weighted by Crippen LogP contribution is -2.21. The van der Waals surface area contributed by atoms with Crippen LogP contribution in [0.5, 0.6) is 11.5 Å². The molecule has 0 unspecified atom stereocenters. The molecule has 2 N–H and O–H groups in total. The van der Waals surface area contributed by atoms with Gasteiger partial charge in [0.25, 0.3) is 0 Å². The number of ether oxygens (including phenoxy) is 1. The van der Waals surface area contributed by atoms with E-state index in [1.807, 2.05) is 0 Å². The molecule has 0 saturated heterocycles. The lowest BCUT2D eigenvalue weighted by Gasteiger charge is -2.21. The second-order valence-electron chi connectivity index (χ2n) is 7.71. The summed E-state index contributed by atoms with van der Waals surface area (Å²) in [5.74, 6) is -2.07. The van der Waals surface area contributed by atoms with Gasteiger partial charge < -0.3 is 14.9 Å². The van der Waals surface area contributed by atoms with Crippen LogP contribution in [0, 0.1) is 0 Å². The number of carbonyl (C=O) groups is 3. The van der Waals surface area contributed by atoms with Crippen molar-refractivity contribution in [1.82, 2.24) is 0 Å². The second-order valence-corrected chi connectivity index (χ2v) is 8.85. The van der Waals surface area contributed by atoms with Gasteiger partial charge in [-0.25, -0.2) is 4.79 Å². The van der Waals surface area contributed by atoms with Crippen LogP contribution in [0.1, 0.15) is 49.1 Å². The number of phenolic OH excluding ortho intramolecular Hbond substituents is 2. The molecule has 7 heteroatoms. The molecular weight excluding hydrogens is 452 g/mol. The van der Waals surface area contributed by atoms with Gasteiger partial charge in [0.2, 0.25) is 0 Å². The van der Waals surface area contributed by atoms with Gasteiger partial charge in [0.05, 0.1) is 23.3 Å². The molecule has 168 valence electrons. The highest BCUT2D eigenvalue weighted by atomic mass is 32.2. The van der Waals surface area contributed by atoms with Crippen molar-refractivity contribution in [2.45, 2.75) is 16.7 Å². The van der Waals surface area contributed by atoms with Crippen LogP contribution in [0.2, 0.25) is 0 Å². The number of benzene rings is 4. The van der Waals surface area contributed by atoms with E-state index in [0.717, 1.165) is 4.90 Å². The van der Waals surface area contributed by atoms with E-state index >= 15 is 0 Å². The van der Waals surface area contributed by atoms with Crippen LogP contribution >= 0.6 is 11.8 Å². The number of fused-ring (bicyclic) bond motifs is 3. The smallest absolute Gasteiger partial charge is 0.338 e. The summed E-state index contributed by atoms with van der Waals surface area (Å²) in [6, 6.07) is 18.3. The highest BCUT2D eigenvalue weighted by molar-refractivity contribution is 7.99. The minimum atomic E-state index is -0.525. The van der Waals surface area contributed by atoms with Gasteiger partial charge in [-0.15, -0.1) is 0 Å². The van der Waals surface area contributed by atoms with Crippen molar-refractivity contribution in [3.63, 3.8) is 0 Å². The Morgan fingerprint density at radius 1 is 0.794 bits per heavy atom. The Balaban J connectivity index is 1.52. The Kier molecular flexibility index (Phi) is 5.34. The summed E-state index contributed by atoms with van der Waals surface area (Å²) in [7, 11) is 0. The van der Waals surface area contributed by atoms with Crippen molar-refractivity contribution in [2.24, 2.45) is 0 Å². The predicted molar refractivity (Wildman–Crippen MR) is 127 cm³/mol. The van der Waals surface area contributed by atoms with Gasteiger partial charge in [-0.1, -0.05) is 36.0 Å². The molecule has 0 aromatic heterocycles. The molecule has 0 atom stereocenters. The molecule has 0 amide bonds. The van der Waals surface area contributed by atoms with Crippen molar-refractivity contribution in [3.8, 4) is 11.5 Å². The molecule has 0 aliphatic heterocycles. The van der Waals surface area contributed by atoms with Crippen molar-refractivity contribution < 1.29 is 29.3 Å². The number of phenols is 2. The Bertz CT molecular complexity index is 1500. The van der Waals surface area contributed by atoms with Crippen molar-refractivity contribution in [1.29, 1.82) is 0 Å². The van der Waals surface area contributed by atoms with E-state index < -0.39 is 17.5 Å². The fourth-order valence-corrected chi connectivity index (χ4v) is 4.95. The van der Waals surface area contributed by atoms with E-state index in [2.05, 4.69) is 0 Å². The lowest BCUT2D eigenvalue weighted by molar-refractivity contribution is 0.0526. The van der Waals surface area contributed by atoms with Gasteiger partial charge in [0.1, 0.15) is 11.5 Å². The molecule has 0 heterocycles. The minimum Gasteiger partial charge on any atom is -0.506 e. The van der Waals surface area contributed by atoms with Gasteiger partial charge >= 0.3 is 5.97 Å². The van der Waals surface area contributed by atoms with E-state index in [0.29, 0.717) is 27.8 Å². The maximum Gasteiger partial charge on any atom is 0.338 e. The number of rotatable bonds is 4. The van der Waals surface area contributed by atoms with Crippen molar-refractivity contribution in [2.75, 3.05) is 6.61 Å². The summed E-state index contributed by atoms with van der Waals surface area (Å²) in [5, 5.41) is 22.2. The van der Waals surface area contributed by atoms with E-state index in [1.54, 1.807) is 73.7 Å². The third-order valence-electron chi connectivity index (χ3n) is 5.70. The summed E-state index contributed by atoms with van der Waals surface area (Å²) in [6.45, 7) is 2.04. The number of esters is 1. The lowest BCUT2D eigenvalue weighted by atomic mass is 9.81. The topological polar surface area (TPSA) is 101 Å². The second kappa shape index (κ2) is 8.35. The van der Waals surface area contributed by atoms with Crippen LogP contribution in [0.15, 0.2) is 76.5 Å². The summed E-state index contributed by atoms with van der Waals surface area (Å²) in [4.78, 5) is 40.0. The van der Waals surface area contributed by atoms with Crippen molar-refractivity contribution in [3.05, 3.63) is 94.5 Å². The maximum atomic E-state index is 13.4. The zero-order valence-electron chi connectivity index (χ0n) is 18.0. The first-order chi connectivity index (χ1) is 16.4. The summed E-state index contributed by atoms with van der Waals surface area (Å²) in [5.41, 5.74) is 0.412. The Hall–Kier alpha value is -4.10. The maximum absolute atomic E-state index is 13.4. The van der Waals surface area contributed by atoms with E-state index in [4.69, 9.17) is 4.74 Å². The molecule has 5 rings (SSSR count). The van der Waals surface area contributed by atoms with Gasteiger partial charge in [-0.05, 0) is 49.4 Å². The van der Waals surface area contributed by atoms with Crippen molar-refractivity contribution >= 4 is 40.1 Å². The molecule has 1 aliphatic carbocycles. The molecule has 4 aromatic carbocycles. The fourth-order valence-electron chi connectivity index (χ4n) is 4.10. The molecule has 0 fully saturated rings. The first-order valence-electron chi connectivity index (χ1n) is 10.6. The molecule has 34 heavy (non-hydrogen) atoms. The third kappa shape index (κ3) is 3.41.